The number of benzene rings is 2. The van der Waals surface area contributed by atoms with Crippen LogP contribution in [-0.2, 0) is 21.4 Å². The van der Waals surface area contributed by atoms with Gasteiger partial charge in [-0.25, -0.2) is 8.42 Å². The SMILES string of the molecule is COc1ccc(S(=O)(=O)N2CCC([C@@H](NC(=O)c3cccc(OC)c3)C(=O)NCc3ccco3)CC2)cc1. The van der Waals surface area contributed by atoms with Gasteiger partial charge in [-0.05, 0) is 73.4 Å². The Balaban J connectivity index is 1.47. The van der Waals surface area contributed by atoms with Gasteiger partial charge in [0.05, 0.1) is 31.9 Å². The Morgan fingerprint density at radius 1 is 1.00 bits per heavy atom. The standard InChI is InChI=1S/C27H31N3O7S/c1-35-21-8-10-24(11-9-21)38(33,34)30-14-12-19(13-15-30)25(27(32)28-18-23-7-4-16-37-23)29-26(31)20-5-3-6-22(17-20)36-2/h3-11,16-17,19,25H,12-15,18H2,1-2H3,(H,28,32)(H,29,31)/t25-/m1/s1. The first-order valence-electron chi connectivity index (χ1n) is 12.2. The molecule has 0 bridgehead atoms. The second kappa shape index (κ2) is 12.1. The number of furan rings is 1. The maximum Gasteiger partial charge on any atom is 0.252 e. The molecule has 2 amide bonds. The highest BCUT2D eigenvalue weighted by Crippen LogP contribution is 2.27. The molecule has 10 nitrogen and oxygen atoms in total. The van der Waals surface area contributed by atoms with Gasteiger partial charge in [0.15, 0.2) is 0 Å². The molecule has 0 unspecified atom stereocenters. The van der Waals surface area contributed by atoms with E-state index >= 15 is 0 Å². The van der Waals surface area contributed by atoms with E-state index in [0.717, 1.165) is 0 Å². The maximum absolute atomic E-state index is 13.3. The maximum atomic E-state index is 13.3. The molecule has 0 radical (unpaired) electrons. The van der Waals surface area contributed by atoms with Crippen LogP contribution in [0.15, 0.2) is 76.2 Å². The van der Waals surface area contributed by atoms with Crippen LogP contribution in [0.1, 0.15) is 29.0 Å². The number of carbonyl (C=O) groups excluding carboxylic acids is 2. The van der Waals surface area contributed by atoms with E-state index in [0.29, 0.717) is 35.7 Å². The van der Waals surface area contributed by atoms with Crippen LogP contribution in [0.5, 0.6) is 11.5 Å². The Labute approximate surface area is 222 Å². The predicted octanol–water partition coefficient (Wildman–Crippen LogP) is 2.81. The van der Waals surface area contributed by atoms with E-state index in [1.807, 2.05) is 0 Å². The quantitative estimate of drug-likeness (QED) is 0.404. The summed E-state index contributed by atoms with van der Waals surface area (Å²) in [4.78, 5) is 26.5. The monoisotopic (exact) mass is 541 g/mol. The minimum atomic E-state index is -3.71. The number of rotatable bonds is 10. The molecule has 1 saturated heterocycles. The molecule has 1 aromatic heterocycles. The molecule has 2 heterocycles. The van der Waals surface area contributed by atoms with Gasteiger partial charge in [-0.15, -0.1) is 0 Å². The average Bonchev–Trinajstić information content (AvgIpc) is 3.48. The van der Waals surface area contributed by atoms with Crippen molar-refractivity contribution >= 4 is 21.8 Å². The first kappa shape index (κ1) is 27.2. The van der Waals surface area contributed by atoms with Crippen molar-refractivity contribution in [2.24, 2.45) is 5.92 Å². The third kappa shape index (κ3) is 6.35. The Morgan fingerprint density at radius 2 is 1.71 bits per heavy atom. The van der Waals surface area contributed by atoms with Crippen molar-refractivity contribution in [1.82, 2.24) is 14.9 Å². The van der Waals surface area contributed by atoms with Crippen LogP contribution in [0.25, 0.3) is 0 Å². The number of sulfonamides is 1. The van der Waals surface area contributed by atoms with Gasteiger partial charge >= 0.3 is 0 Å². The number of carbonyl (C=O) groups is 2. The van der Waals surface area contributed by atoms with Crippen LogP contribution in [0.4, 0.5) is 0 Å². The Kier molecular flexibility index (Phi) is 8.70. The normalized spacial score (nSPS) is 15.4. The van der Waals surface area contributed by atoms with Gasteiger partial charge in [-0.3, -0.25) is 9.59 Å². The van der Waals surface area contributed by atoms with Crippen molar-refractivity contribution in [3.63, 3.8) is 0 Å². The fourth-order valence-corrected chi connectivity index (χ4v) is 5.90. The smallest absolute Gasteiger partial charge is 0.252 e. The molecule has 1 atom stereocenters. The van der Waals surface area contributed by atoms with E-state index < -0.39 is 22.0 Å². The number of piperidine rings is 1. The zero-order chi connectivity index (χ0) is 27.1. The highest BCUT2D eigenvalue weighted by Gasteiger charge is 2.36. The van der Waals surface area contributed by atoms with Gasteiger partial charge < -0.3 is 24.5 Å². The lowest BCUT2D eigenvalue weighted by Crippen LogP contribution is -2.53. The number of nitrogens with zero attached hydrogens (tertiary/aromatic N) is 1. The van der Waals surface area contributed by atoms with Crippen molar-refractivity contribution in [1.29, 1.82) is 0 Å². The summed E-state index contributed by atoms with van der Waals surface area (Å²) in [5.41, 5.74) is 0.354. The number of ether oxygens (including phenoxy) is 2. The Bertz CT molecular complexity index is 1330. The van der Waals surface area contributed by atoms with E-state index in [4.69, 9.17) is 13.9 Å². The summed E-state index contributed by atoms with van der Waals surface area (Å²) in [5, 5.41) is 5.69. The van der Waals surface area contributed by atoms with E-state index in [9.17, 15) is 18.0 Å². The van der Waals surface area contributed by atoms with Gasteiger partial charge in [-0.2, -0.15) is 4.31 Å². The van der Waals surface area contributed by atoms with Crippen LogP contribution in [0.2, 0.25) is 0 Å². The molecular weight excluding hydrogens is 510 g/mol. The highest BCUT2D eigenvalue weighted by atomic mass is 32.2. The van der Waals surface area contributed by atoms with Crippen molar-refractivity contribution in [2.75, 3.05) is 27.3 Å². The second-order valence-corrected chi connectivity index (χ2v) is 10.8. The van der Waals surface area contributed by atoms with E-state index in [1.165, 1.54) is 36.9 Å². The fraction of sp³-hybridized carbons (Fsp3) is 0.333. The van der Waals surface area contributed by atoms with Gasteiger partial charge in [-0.1, -0.05) is 6.07 Å². The van der Waals surface area contributed by atoms with Gasteiger partial charge in [0, 0.05) is 18.7 Å². The minimum absolute atomic E-state index is 0.169. The summed E-state index contributed by atoms with van der Waals surface area (Å²) >= 11 is 0. The van der Waals surface area contributed by atoms with Gasteiger partial charge in [0.25, 0.3) is 5.91 Å². The number of nitrogens with one attached hydrogen (secondary N) is 2. The molecule has 1 aliphatic rings. The summed E-state index contributed by atoms with van der Waals surface area (Å²) < 4.78 is 43.4. The molecule has 38 heavy (non-hydrogen) atoms. The number of amides is 2. The zero-order valence-electron chi connectivity index (χ0n) is 21.3. The molecule has 0 saturated carbocycles. The van der Waals surface area contributed by atoms with Gasteiger partial charge in [0.2, 0.25) is 15.9 Å². The van der Waals surface area contributed by atoms with Crippen LogP contribution >= 0.6 is 0 Å². The first-order valence-corrected chi connectivity index (χ1v) is 13.6. The lowest BCUT2D eigenvalue weighted by atomic mass is 9.89. The average molecular weight is 542 g/mol. The van der Waals surface area contributed by atoms with E-state index in [2.05, 4.69) is 10.6 Å². The van der Waals surface area contributed by atoms with Crippen molar-refractivity contribution < 1.29 is 31.9 Å². The molecule has 1 aliphatic heterocycles. The van der Waals surface area contributed by atoms with Crippen molar-refractivity contribution in [3.8, 4) is 11.5 Å². The third-order valence-electron chi connectivity index (χ3n) is 6.59. The summed E-state index contributed by atoms with van der Waals surface area (Å²) in [6.07, 6.45) is 2.31. The molecule has 4 rings (SSSR count). The lowest BCUT2D eigenvalue weighted by Gasteiger charge is -2.35. The molecule has 3 aromatic rings. The van der Waals surface area contributed by atoms with Crippen LogP contribution < -0.4 is 20.1 Å². The summed E-state index contributed by atoms with van der Waals surface area (Å²) in [5.74, 6) is 0.607. The van der Waals surface area contributed by atoms with Crippen LogP contribution in [-0.4, -0.2) is 57.9 Å². The van der Waals surface area contributed by atoms with Crippen LogP contribution in [0.3, 0.4) is 0 Å². The number of hydrogen-bond acceptors (Lipinski definition) is 7. The molecule has 1 fully saturated rings. The third-order valence-corrected chi connectivity index (χ3v) is 8.50. The summed E-state index contributed by atoms with van der Waals surface area (Å²) in [6, 6.07) is 15.5. The zero-order valence-corrected chi connectivity index (χ0v) is 22.1. The highest BCUT2D eigenvalue weighted by molar-refractivity contribution is 7.89. The molecular formula is C27H31N3O7S. The largest absolute Gasteiger partial charge is 0.497 e. The minimum Gasteiger partial charge on any atom is -0.497 e. The number of hydrogen-bond donors (Lipinski definition) is 2. The summed E-state index contributed by atoms with van der Waals surface area (Å²) in [6.45, 7) is 0.605. The molecule has 2 N–H and O–H groups in total. The molecule has 0 spiro atoms. The Hall–Kier alpha value is -3.83. The molecule has 0 aliphatic carbocycles. The topological polar surface area (TPSA) is 127 Å². The van der Waals surface area contributed by atoms with E-state index in [-0.39, 0.29) is 36.4 Å². The fourth-order valence-electron chi connectivity index (χ4n) is 4.43. The van der Waals surface area contributed by atoms with Crippen molar-refractivity contribution in [2.45, 2.75) is 30.3 Å². The predicted molar refractivity (Wildman–Crippen MR) is 139 cm³/mol. The van der Waals surface area contributed by atoms with Gasteiger partial charge in [0.1, 0.15) is 23.3 Å². The Morgan fingerprint density at radius 3 is 2.34 bits per heavy atom. The molecule has 11 heteroatoms. The lowest BCUT2D eigenvalue weighted by molar-refractivity contribution is -0.124. The van der Waals surface area contributed by atoms with Crippen molar-refractivity contribution in [3.05, 3.63) is 78.3 Å². The first-order chi connectivity index (χ1) is 18.3. The molecule has 202 valence electrons. The van der Waals surface area contributed by atoms with Crippen LogP contribution in [0, 0.1) is 5.92 Å². The second-order valence-electron chi connectivity index (χ2n) is 8.90. The number of methoxy groups -OCH3 is 2. The summed E-state index contributed by atoms with van der Waals surface area (Å²) in [7, 11) is -0.680. The van der Waals surface area contributed by atoms with E-state index in [1.54, 1.807) is 48.5 Å². The molecule has 2 aromatic carbocycles.